The molecule has 0 bridgehead atoms. The zero-order valence-electron chi connectivity index (χ0n) is 12.1. The number of carboxylic acid groups (broad SMARTS) is 1. The maximum absolute atomic E-state index is 10.9. The van der Waals surface area contributed by atoms with E-state index in [4.69, 9.17) is 5.11 Å². The van der Waals surface area contributed by atoms with E-state index in [0.717, 1.165) is 37.2 Å². The molecule has 0 amide bonds. The van der Waals surface area contributed by atoms with Crippen molar-refractivity contribution in [3.05, 3.63) is 33.9 Å². The van der Waals surface area contributed by atoms with Gasteiger partial charge in [0.15, 0.2) is 0 Å². The van der Waals surface area contributed by atoms with E-state index >= 15 is 0 Å². The maximum atomic E-state index is 10.9. The molecule has 1 aromatic rings. The Kier molecular flexibility index (Phi) is 4.77. The first kappa shape index (κ1) is 15.3. The highest BCUT2D eigenvalue weighted by Crippen LogP contribution is 2.30. The molecular formula is C15H20N2O4. The van der Waals surface area contributed by atoms with Gasteiger partial charge in [-0.25, -0.2) is 0 Å². The molecule has 6 heteroatoms. The Hall–Kier alpha value is -2.11. The van der Waals surface area contributed by atoms with E-state index in [2.05, 4.69) is 4.90 Å². The van der Waals surface area contributed by atoms with Crippen molar-refractivity contribution in [3.63, 3.8) is 0 Å². The van der Waals surface area contributed by atoms with Crippen molar-refractivity contribution in [1.82, 2.24) is 0 Å². The Morgan fingerprint density at radius 3 is 2.95 bits per heavy atom. The SMILES string of the molecule is Cc1ccc([N+](=O)[O-])cc1N1CCCC(CCC(=O)O)C1. The number of anilines is 1. The number of aryl methyl sites for hydroxylation is 1. The van der Waals surface area contributed by atoms with Crippen LogP contribution in [0.15, 0.2) is 18.2 Å². The summed E-state index contributed by atoms with van der Waals surface area (Å²) in [5.74, 6) is -0.424. The number of hydrogen-bond acceptors (Lipinski definition) is 4. The van der Waals surface area contributed by atoms with Crippen LogP contribution in [-0.4, -0.2) is 29.1 Å². The van der Waals surface area contributed by atoms with Crippen molar-refractivity contribution in [2.24, 2.45) is 5.92 Å². The van der Waals surface area contributed by atoms with E-state index < -0.39 is 5.97 Å². The van der Waals surface area contributed by atoms with Crippen molar-refractivity contribution in [3.8, 4) is 0 Å². The van der Waals surface area contributed by atoms with Crippen LogP contribution in [0.3, 0.4) is 0 Å². The molecule has 1 aliphatic rings. The molecule has 2 rings (SSSR count). The van der Waals surface area contributed by atoms with Gasteiger partial charge in [-0.1, -0.05) is 6.07 Å². The Bertz CT molecular complexity index is 544. The van der Waals surface area contributed by atoms with Gasteiger partial charge in [0, 0.05) is 37.3 Å². The zero-order chi connectivity index (χ0) is 15.4. The molecule has 1 aromatic carbocycles. The molecule has 1 heterocycles. The molecule has 1 unspecified atom stereocenters. The van der Waals surface area contributed by atoms with Gasteiger partial charge >= 0.3 is 5.97 Å². The summed E-state index contributed by atoms with van der Waals surface area (Å²) in [5, 5.41) is 19.7. The maximum Gasteiger partial charge on any atom is 0.303 e. The second-order valence-corrected chi connectivity index (χ2v) is 5.61. The Labute approximate surface area is 123 Å². The smallest absolute Gasteiger partial charge is 0.303 e. The summed E-state index contributed by atoms with van der Waals surface area (Å²) in [6, 6.07) is 4.91. The number of rotatable bonds is 5. The van der Waals surface area contributed by atoms with Gasteiger partial charge in [0.1, 0.15) is 0 Å². The number of benzene rings is 1. The standard InChI is InChI=1S/C15H20N2O4/c1-11-4-6-13(17(20)21)9-14(11)16-8-2-3-12(10-16)5-7-15(18)19/h4,6,9,12H,2-3,5,7-8,10H2,1H3,(H,18,19). The molecule has 21 heavy (non-hydrogen) atoms. The number of nitro groups is 1. The van der Waals surface area contributed by atoms with Crippen LogP contribution < -0.4 is 4.90 Å². The molecule has 0 aliphatic carbocycles. The summed E-state index contributed by atoms with van der Waals surface area (Å²) >= 11 is 0. The first-order valence-electron chi connectivity index (χ1n) is 7.19. The van der Waals surface area contributed by atoms with Crippen LogP contribution in [0, 0.1) is 23.0 Å². The summed E-state index contributed by atoms with van der Waals surface area (Å²) in [6.45, 7) is 3.58. The number of nitrogens with zero attached hydrogens (tertiary/aromatic N) is 2. The number of aliphatic carboxylic acids is 1. The normalized spacial score (nSPS) is 18.5. The van der Waals surface area contributed by atoms with Crippen molar-refractivity contribution >= 4 is 17.3 Å². The summed E-state index contributed by atoms with van der Waals surface area (Å²) in [5.41, 5.74) is 2.01. The molecule has 1 N–H and O–H groups in total. The molecule has 1 atom stereocenters. The third-order valence-electron chi connectivity index (χ3n) is 4.03. The molecular weight excluding hydrogens is 272 g/mol. The second kappa shape index (κ2) is 6.56. The number of non-ortho nitro benzene ring substituents is 1. The van der Waals surface area contributed by atoms with E-state index in [9.17, 15) is 14.9 Å². The fraction of sp³-hybridized carbons (Fsp3) is 0.533. The molecule has 0 spiro atoms. The minimum atomic E-state index is -0.765. The van der Waals surface area contributed by atoms with Gasteiger partial charge in [-0.05, 0) is 37.7 Å². The van der Waals surface area contributed by atoms with Gasteiger partial charge in [-0.2, -0.15) is 0 Å². The van der Waals surface area contributed by atoms with E-state index in [1.54, 1.807) is 12.1 Å². The van der Waals surface area contributed by atoms with Crippen molar-refractivity contribution in [1.29, 1.82) is 0 Å². The van der Waals surface area contributed by atoms with Gasteiger partial charge in [0.2, 0.25) is 0 Å². The number of nitro benzene ring substituents is 1. The van der Waals surface area contributed by atoms with Crippen LogP contribution in [0.25, 0.3) is 0 Å². The highest BCUT2D eigenvalue weighted by Gasteiger charge is 2.23. The fourth-order valence-electron chi connectivity index (χ4n) is 2.90. The van der Waals surface area contributed by atoms with Gasteiger partial charge in [-0.3, -0.25) is 14.9 Å². The summed E-state index contributed by atoms with van der Waals surface area (Å²) in [6.07, 6.45) is 2.87. The Balaban J connectivity index is 2.11. The highest BCUT2D eigenvalue weighted by molar-refractivity contribution is 5.66. The Morgan fingerprint density at radius 2 is 2.29 bits per heavy atom. The molecule has 1 saturated heterocycles. The highest BCUT2D eigenvalue weighted by atomic mass is 16.6. The largest absolute Gasteiger partial charge is 0.481 e. The van der Waals surface area contributed by atoms with Crippen LogP contribution in [0.4, 0.5) is 11.4 Å². The predicted molar refractivity (Wildman–Crippen MR) is 79.6 cm³/mol. The third-order valence-corrected chi connectivity index (χ3v) is 4.03. The van der Waals surface area contributed by atoms with Crippen LogP contribution in [0.1, 0.15) is 31.2 Å². The van der Waals surface area contributed by atoms with Crippen LogP contribution in [0.2, 0.25) is 0 Å². The van der Waals surface area contributed by atoms with Gasteiger partial charge in [-0.15, -0.1) is 0 Å². The lowest BCUT2D eigenvalue weighted by Crippen LogP contribution is -2.36. The number of piperidine rings is 1. The van der Waals surface area contributed by atoms with E-state index in [1.165, 1.54) is 6.07 Å². The zero-order valence-corrected chi connectivity index (χ0v) is 12.1. The van der Waals surface area contributed by atoms with E-state index in [0.29, 0.717) is 12.3 Å². The van der Waals surface area contributed by atoms with E-state index in [1.807, 2.05) is 6.92 Å². The lowest BCUT2D eigenvalue weighted by Gasteiger charge is -2.35. The topological polar surface area (TPSA) is 83.7 Å². The molecule has 0 saturated carbocycles. The lowest BCUT2D eigenvalue weighted by atomic mass is 9.92. The first-order chi connectivity index (χ1) is 9.97. The first-order valence-corrected chi connectivity index (χ1v) is 7.19. The van der Waals surface area contributed by atoms with Crippen molar-refractivity contribution in [2.75, 3.05) is 18.0 Å². The monoisotopic (exact) mass is 292 g/mol. The van der Waals surface area contributed by atoms with Gasteiger partial charge < -0.3 is 10.0 Å². The fourth-order valence-corrected chi connectivity index (χ4v) is 2.90. The van der Waals surface area contributed by atoms with Crippen LogP contribution in [0.5, 0.6) is 0 Å². The van der Waals surface area contributed by atoms with Gasteiger partial charge in [0.05, 0.1) is 4.92 Å². The second-order valence-electron chi connectivity index (χ2n) is 5.61. The molecule has 1 fully saturated rings. The predicted octanol–water partition coefficient (Wildman–Crippen LogP) is 2.98. The number of hydrogen-bond donors (Lipinski definition) is 1. The molecule has 0 radical (unpaired) electrons. The third kappa shape index (κ3) is 3.93. The average molecular weight is 292 g/mol. The summed E-state index contributed by atoms with van der Waals surface area (Å²) in [7, 11) is 0. The number of carbonyl (C=O) groups is 1. The van der Waals surface area contributed by atoms with E-state index in [-0.39, 0.29) is 17.0 Å². The quantitative estimate of drug-likeness (QED) is 0.666. The molecule has 0 aromatic heterocycles. The molecule has 1 aliphatic heterocycles. The molecule has 114 valence electrons. The number of carboxylic acids is 1. The average Bonchev–Trinajstić information content (AvgIpc) is 2.45. The van der Waals surface area contributed by atoms with Crippen molar-refractivity contribution in [2.45, 2.75) is 32.6 Å². The summed E-state index contributed by atoms with van der Waals surface area (Å²) < 4.78 is 0. The Morgan fingerprint density at radius 1 is 1.52 bits per heavy atom. The minimum Gasteiger partial charge on any atom is -0.481 e. The molecule has 6 nitrogen and oxygen atoms in total. The minimum absolute atomic E-state index is 0.100. The van der Waals surface area contributed by atoms with Crippen LogP contribution >= 0.6 is 0 Å². The lowest BCUT2D eigenvalue weighted by molar-refractivity contribution is -0.384. The van der Waals surface area contributed by atoms with Crippen LogP contribution in [-0.2, 0) is 4.79 Å². The van der Waals surface area contributed by atoms with Crippen molar-refractivity contribution < 1.29 is 14.8 Å². The summed E-state index contributed by atoms with van der Waals surface area (Å²) in [4.78, 5) is 23.4. The van der Waals surface area contributed by atoms with Gasteiger partial charge in [0.25, 0.3) is 5.69 Å².